The van der Waals surface area contributed by atoms with Crippen LogP contribution in [0.25, 0.3) is 0 Å². The highest BCUT2D eigenvalue weighted by Gasteiger charge is 2.32. The van der Waals surface area contributed by atoms with Gasteiger partial charge in [0.2, 0.25) is 0 Å². The molecule has 0 saturated carbocycles. The second-order valence-corrected chi connectivity index (χ2v) is 7.60. The zero-order valence-corrected chi connectivity index (χ0v) is 17.4. The fraction of sp³-hybridized carbons (Fsp3) is 0.400. The van der Waals surface area contributed by atoms with Gasteiger partial charge in [-0.25, -0.2) is 0 Å². The topological polar surface area (TPSA) is 17.8 Å². The third-order valence-corrected chi connectivity index (χ3v) is 6.90. The molecule has 0 unspecified atom stereocenters. The van der Waals surface area contributed by atoms with Crippen LogP contribution >= 0.6 is 59.4 Å². The first-order valence-electron chi connectivity index (χ1n) is 6.49. The van der Waals surface area contributed by atoms with Crippen molar-refractivity contribution in [1.29, 1.82) is 0 Å². The maximum atomic E-state index is 6.41. The molecule has 0 aliphatic rings. The average Bonchev–Trinajstić information content (AvgIpc) is 2.72. The number of alkyl halides is 2. The Bertz CT molecular complexity index is 619. The molecule has 0 spiro atoms. The van der Waals surface area contributed by atoms with Crippen molar-refractivity contribution in [2.24, 2.45) is 7.05 Å². The lowest BCUT2D eigenvalue weighted by Crippen LogP contribution is -2.33. The monoisotopic (exact) mass is 496 g/mol. The molecule has 1 aromatic heterocycles. The third kappa shape index (κ3) is 3.57. The Kier molecular flexibility index (Phi) is 5.97. The van der Waals surface area contributed by atoms with E-state index in [0.717, 1.165) is 38.0 Å². The van der Waals surface area contributed by atoms with Gasteiger partial charge in [-0.15, -0.1) is 0 Å². The van der Waals surface area contributed by atoms with Gasteiger partial charge >= 0.3 is 0 Å². The maximum absolute atomic E-state index is 6.41. The number of benzene rings is 1. The van der Waals surface area contributed by atoms with Crippen molar-refractivity contribution >= 4 is 59.4 Å². The van der Waals surface area contributed by atoms with Crippen LogP contribution in [0.2, 0.25) is 5.15 Å². The van der Waals surface area contributed by atoms with E-state index in [-0.39, 0.29) is 5.41 Å². The molecule has 0 amide bonds. The number of rotatable bonds is 5. The van der Waals surface area contributed by atoms with Crippen LogP contribution in [0.3, 0.4) is 0 Å². The highest BCUT2D eigenvalue weighted by Crippen LogP contribution is 2.36. The Morgan fingerprint density at radius 1 is 1.19 bits per heavy atom. The lowest BCUT2D eigenvalue weighted by Gasteiger charge is -2.31. The molecule has 21 heavy (non-hydrogen) atoms. The molecule has 0 radical (unpaired) electrons. The first kappa shape index (κ1) is 17.5. The third-order valence-electron chi connectivity index (χ3n) is 3.75. The van der Waals surface area contributed by atoms with Gasteiger partial charge in [-0.3, -0.25) is 4.68 Å². The number of hydrogen-bond donors (Lipinski definition) is 0. The van der Waals surface area contributed by atoms with E-state index in [9.17, 15) is 0 Å². The van der Waals surface area contributed by atoms with E-state index in [2.05, 4.69) is 77.2 Å². The van der Waals surface area contributed by atoms with Crippen molar-refractivity contribution in [3.8, 4) is 0 Å². The summed E-state index contributed by atoms with van der Waals surface area (Å²) in [7, 11) is 1.88. The molecule has 2 nitrogen and oxygen atoms in total. The van der Waals surface area contributed by atoms with Crippen molar-refractivity contribution in [1.82, 2.24) is 9.78 Å². The van der Waals surface area contributed by atoms with Crippen molar-refractivity contribution in [2.45, 2.75) is 18.8 Å². The predicted molar refractivity (Wildman–Crippen MR) is 100 cm³/mol. The zero-order valence-electron chi connectivity index (χ0n) is 11.8. The van der Waals surface area contributed by atoms with Crippen LogP contribution < -0.4 is 0 Å². The molecule has 114 valence electrons. The molecule has 0 fully saturated rings. The van der Waals surface area contributed by atoms with Crippen molar-refractivity contribution in [3.63, 3.8) is 0 Å². The van der Waals surface area contributed by atoms with Crippen molar-refractivity contribution in [3.05, 3.63) is 50.7 Å². The van der Waals surface area contributed by atoms with Crippen LogP contribution in [-0.4, -0.2) is 20.4 Å². The molecule has 0 N–H and O–H groups in total. The van der Waals surface area contributed by atoms with E-state index in [0.29, 0.717) is 0 Å². The van der Waals surface area contributed by atoms with Gasteiger partial charge in [-0.1, -0.05) is 71.5 Å². The minimum Gasteiger partial charge on any atom is -0.257 e. The molecule has 0 aliphatic heterocycles. The Balaban J connectivity index is 2.45. The van der Waals surface area contributed by atoms with Crippen molar-refractivity contribution in [2.75, 3.05) is 10.7 Å². The summed E-state index contributed by atoms with van der Waals surface area (Å²) < 4.78 is 2.82. The van der Waals surface area contributed by atoms with Crippen molar-refractivity contribution < 1.29 is 0 Å². The van der Waals surface area contributed by atoms with Crippen LogP contribution in [-0.2, 0) is 18.9 Å². The number of hydrogen-bond acceptors (Lipinski definition) is 1. The molecule has 2 rings (SSSR count). The molecule has 1 heterocycles. The van der Waals surface area contributed by atoms with E-state index >= 15 is 0 Å². The summed E-state index contributed by atoms with van der Waals surface area (Å²) in [6, 6.07) is 8.47. The molecule has 0 atom stereocenters. The van der Waals surface area contributed by atoms with Gasteiger partial charge in [0.1, 0.15) is 5.15 Å². The van der Waals surface area contributed by atoms with Gasteiger partial charge in [0, 0.05) is 33.2 Å². The maximum Gasteiger partial charge on any atom is 0.130 e. The number of halogens is 4. The second kappa shape index (κ2) is 7.16. The smallest absolute Gasteiger partial charge is 0.130 e. The van der Waals surface area contributed by atoms with Gasteiger partial charge in [-0.2, -0.15) is 5.10 Å². The highest BCUT2D eigenvalue weighted by atomic mass is 79.9. The molecular weight excluding hydrogens is 483 g/mol. The molecule has 2 aromatic rings. The lowest BCUT2D eigenvalue weighted by molar-refractivity contribution is 0.549. The SMILES string of the molecule is Cc1nn(C)c(Cl)c1CC(CBr)(CBr)c1ccc(Br)cc1. The molecule has 1 aromatic carbocycles. The Labute approximate surface area is 155 Å². The van der Waals surface area contributed by atoms with E-state index in [4.69, 9.17) is 11.6 Å². The average molecular weight is 499 g/mol. The summed E-state index contributed by atoms with van der Waals surface area (Å²) in [5.74, 6) is 0. The molecular formula is C15H16Br3ClN2. The van der Waals surface area contributed by atoms with Gasteiger partial charge in [-0.05, 0) is 31.0 Å². The van der Waals surface area contributed by atoms with Gasteiger partial charge in [0.25, 0.3) is 0 Å². The molecule has 6 heteroatoms. The van der Waals surface area contributed by atoms with Crippen LogP contribution in [0, 0.1) is 6.92 Å². The summed E-state index contributed by atoms with van der Waals surface area (Å²) in [6.07, 6.45) is 0.837. The lowest BCUT2D eigenvalue weighted by atomic mass is 9.79. The van der Waals surface area contributed by atoms with E-state index in [1.165, 1.54) is 5.56 Å². The number of aryl methyl sites for hydroxylation is 2. The zero-order chi connectivity index (χ0) is 15.6. The second-order valence-electron chi connectivity index (χ2n) is 5.21. The Morgan fingerprint density at radius 3 is 2.19 bits per heavy atom. The van der Waals surface area contributed by atoms with Crippen LogP contribution in [0.4, 0.5) is 0 Å². The predicted octanol–water partition coefficient (Wildman–Crippen LogP) is 5.41. The van der Waals surface area contributed by atoms with Crippen LogP contribution in [0.15, 0.2) is 28.7 Å². The fourth-order valence-electron chi connectivity index (χ4n) is 2.40. The van der Waals surface area contributed by atoms with E-state index in [1.54, 1.807) is 4.68 Å². The Morgan fingerprint density at radius 2 is 1.76 bits per heavy atom. The fourth-order valence-corrected chi connectivity index (χ4v) is 4.88. The summed E-state index contributed by atoms with van der Waals surface area (Å²) in [6.45, 7) is 2.01. The van der Waals surface area contributed by atoms with Gasteiger partial charge < -0.3 is 0 Å². The summed E-state index contributed by atoms with van der Waals surface area (Å²) in [5, 5.41) is 6.83. The minimum atomic E-state index is -0.0574. The quantitative estimate of drug-likeness (QED) is 0.503. The largest absolute Gasteiger partial charge is 0.257 e. The van der Waals surface area contributed by atoms with Gasteiger partial charge in [0.05, 0.1) is 5.69 Å². The normalized spacial score (nSPS) is 11.9. The van der Waals surface area contributed by atoms with Crippen LogP contribution in [0.5, 0.6) is 0 Å². The minimum absolute atomic E-state index is 0.0574. The van der Waals surface area contributed by atoms with E-state index < -0.39 is 0 Å². The number of aromatic nitrogens is 2. The standard InChI is InChI=1S/C15H16Br3ClN2/c1-10-13(14(19)21(2)20-10)7-15(8-16,9-17)11-3-5-12(18)6-4-11/h3-6H,7-9H2,1-2H3. The number of nitrogens with zero attached hydrogens (tertiary/aromatic N) is 2. The molecule has 0 aliphatic carbocycles. The van der Waals surface area contributed by atoms with Crippen LogP contribution in [0.1, 0.15) is 16.8 Å². The summed E-state index contributed by atoms with van der Waals surface area (Å²) >= 11 is 17.3. The molecule has 0 bridgehead atoms. The van der Waals surface area contributed by atoms with E-state index in [1.807, 2.05) is 14.0 Å². The summed E-state index contributed by atoms with van der Waals surface area (Å²) in [5.41, 5.74) is 3.32. The molecule has 0 saturated heterocycles. The van der Waals surface area contributed by atoms with Gasteiger partial charge in [0.15, 0.2) is 0 Å². The first-order chi connectivity index (χ1) is 9.93. The first-order valence-corrected chi connectivity index (χ1v) is 9.91. The summed E-state index contributed by atoms with van der Waals surface area (Å²) in [4.78, 5) is 0. The highest BCUT2D eigenvalue weighted by molar-refractivity contribution is 9.10. The Hall–Kier alpha value is 0.160.